The van der Waals surface area contributed by atoms with Gasteiger partial charge in [0.05, 0.1) is 30.0 Å². The van der Waals surface area contributed by atoms with Gasteiger partial charge in [-0.3, -0.25) is 0 Å². The summed E-state index contributed by atoms with van der Waals surface area (Å²) in [5, 5.41) is 0. The summed E-state index contributed by atoms with van der Waals surface area (Å²) in [7, 11) is 0. The molecule has 3 rings (SSSR count). The van der Waals surface area contributed by atoms with Crippen molar-refractivity contribution in [3.63, 3.8) is 0 Å². The summed E-state index contributed by atoms with van der Waals surface area (Å²) in [6.45, 7) is 8.29. The Labute approximate surface area is 110 Å². The highest BCUT2D eigenvalue weighted by Gasteiger charge is 2.59. The molecule has 3 aliphatic rings. The Hall–Kier alpha value is -0.120. The predicted octanol–water partition coefficient (Wildman–Crippen LogP) is 2.92. The van der Waals surface area contributed by atoms with Gasteiger partial charge in [0.2, 0.25) is 0 Å². The van der Waals surface area contributed by atoms with Gasteiger partial charge in [0.1, 0.15) is 0 Å². The van der Waals surface area contributed by atoms with Gasteiger partial charge >= 0.3 is 0 Å². The third kappa shape index (κ3) is 2.21. The minimum absolute atomic E-state index is 0.0376. The fourth-order valence-electron chi connectivity index (χ4n) is 3.94. The molecule has 1 aliphatic carbocycles. The van der Waals surface area contributed by atoms with Crippen molar-refractivity contribution in [1.29, 1.82) is 0 Å². The summed E-state index contributed by atoms with van der Waals surface area (Å²) in [6.07, 6.45) is 6.51. The van der Waals surface area contributed by atoms with E-state index < -0.39 is 0 Å². The van der Waals surface area contributed by atoms with E-state index in [9.17, 15) is 0 Å². The summed E-state index contributed by atoms with van der Waals surface area (Å²) in [5.41, 5.74) is -0.0290. The first kappa shape index (κ1) is 12.9. The number of ether oxygens (including phenoxy) is 3. The van der Waals surface area contributed by atoms with E-state index >= 15 is 0 Å². The van der Waals surface area contributed by atoms with E-state index in [1.54, 1.807) is 0 Å². The zero-order chi connectivity index (χ0) is 12.8. The third-order valence-electron chi connectivity index (χ3n) is 5.07. The van der Waals surface area contributed by atoms with E-state index in [-0.39, 0.29) is 17.3 Å². The molecule has 4 unspecified atom stereocenters. The summed E-state index contributed by atoms with van der Waals surface area (Å²) in [5.74, 6) is 0.653. The maximum atomic E-state index is 6.22. The van der Waals surface area contributed by atoms with E-state index in [4.69, 9.17) is 14.2 Å². The van der Waals surface area contributed by atoms with Gasteiger partial charge in [0.25, 0.3) is 0 Å². The van der Waals surface area contributed by atoms with Crippen LogP contribution in [0.25, 0.3) is 0 Å². The van der Waals surface area contributed by atoms with E-state index in [0.29, 0.717) is 12.0 Å². The van der Waals surface area contributed by atoms with Crippen molar-refractivity contribution in [2.75, 3.05) is 13.2 Å². The van der Waals surface area contributed by atoms with Crippen LogP contribution in [0.4, 0.5) is 0 Å². The van der Waals surface area contributed by atoms with Crippen molar-refractivity contribution in [2.45, 2.75) is 76.3 Å². The Morgan fingerprint density at radius 3 is 2.61 bits per heavy atom. The molecule has 0 N–H and O–H groups in total. The molecule has 1 saturated carbocycles. The molecule has 18 heavy (non-hydrogen) atoms. The van der Waals surface area contributed by atoms with Crippen molar-refractivity contribution in [3.05, 3.63) is 0 Å². The molecule has 3 nitrogen and oxygen atoms in total. The maximum Gasteiger partial charge on any atom is 0.0926 e. The predicted molar refractivity (Wildman–Crippen MR) is 69.6 cm³/mol. The summed E-state index contributed by atoms with van der Waals surface area (Å²) in [6, 6.07) is 0. The number of fused-ring (bicyclic) bond motifs is 2. The summed E-state index contributed by atoms with van der Waals surface area (Å²) < 4.78 is 18.1. The first-order valence-corrected chi connectivity index (χ1v) is 7.43. The molecule has 4 atom stereocenters. The van der Waals surface area contributed by atoms with Crippen molar-refractivity contribution >= 4 is 0 Å². The van der Waals surface area contributed by atoms with Crippen LogP contribution in [-0.2, 0) is 14.2 Å². The summed E-state index contributed by atoms with van der Waals surface area (Å²) in [4.78, 5) is 0. The van der Waals surface area contributed by atoms with Crippen LogP contribution in [-0.4, -0.2) is 36.6 Å². The lowest BCUT2D eigenvalue weighted by molar-refractivity contribution is -0.191. The average Bonchev–Trinajstić information content (AvgIpc) is 2.75. The monoisotopic (exact) mass is 254 g/mol. The second kappa shape index (κ2) is 4.46. The molecule has 3 heteroatoms. The lowest BCUT2D eigenvalue weighted by atomic mass is 9.90. The van der Waals surface area contributed by atoms with E-state index in [0.717, 1.165) is 32.5 Å². The van der Waals surface area contributed by atoms with Crippen LogP contribution >= 0.6 is 0 Å². The standard InChI is InChI=1S/C15H26O3/c1-14(2)11-8-13(15(3,9-11)18-14)17-10-12-6-4-5-7-16-12/h11-13H,4-10H2,1-3H3. The second-order valence-corrected chi connectivity index (χ2v) is 6.97. The van der Waals surface area contributed by atoms with Gasteiger partial charge in [0.15, 0.2) is 0 Å². The molecule has 0 radical (unpaired) electrons. The fourth-order valence-corrected chi connectivity index (χ4v) is 3.94. The van der Waals surface area contributed by atoms with Gasteiger partial charge in [-0.15, -0.1) is 0 Å². The zero-order valence-corrected chi connectivity index (χ0v) is 11.9. The van der Waals surface area contributed by atoms with Crippen LogP contribution in [0.2, 0.25) is 0 Å². The lowest BCUT2D eigenvalue weighted by Gasteiger charge is -2.40. The van der Waals surface area contributed by atoms with E-state index in [1.807, 2.05) is 0 Å². The molecule has 2 bridgehead atoms. The molecular weight excluding hydrogens is 228 g/mol. The highest BCUT2D eigenvalue weighted by atomic mass is 16.6. The quantitative estimate of drug-likeness (QED) is 0.775. The Bertz CT molecular complexity index is 309. The van der Waals surface area contributed by atoms with Gasteiger partial charge in [-0.05, 0) is 58.8 Å². The first-order chi connectivity index (χ1) is 8.50. The Kier molecular flexibility index (Phi) is 3.20. The minimum Gasteiger partial charge on any atom is -0.376 e. The number of hydrogen-bond donors (Lipinski definition) is 0. The number of hydrogen-bond acceptors (Lipinski definition) is 3. The molecule has 0 amide bonds. The fraction of sp³-hybridized carbons (Fsp3) is 1.00. The normalized spacial score (nSPS) is 46.5. The van der Waals surface area contributed by atoms with E-state index in [1.165, 1.54) is 12.8 Å². The average molecular weight is 254 g/mol. The van der Waals surface area contributed by atoms with Crippen LogP contribution in [0, 0.1) is 5.92 Å². The summed E-state index contributed by atoms with van der Waals surface area (Å²) >= 11 is 0. The largest absolute Gasteiger partial charge is 0.376 e. The van der Waals surface area contributed by atoms with Gasteiger partial charge in [-0.25, -0.2) is 0 Å². The van der Waals surface area contributed by atoms with Crippen molar-refractivity contribution in [1.82, 2.24) is 0 Å². The van der Waals surface area contributed by atoms with Crippen molar-refractivity contribution < 1.29 is 14.2 Å². The molecule has 0 spiro atoms. The van der Waals surface area contributed by atoms with Crippen LogP contribution in [0.3, 0.4) is 0 Å². The topological polar surface area (TPSA) is 27.7 Å². The Morgan fingerprint density at radius 2 is 2.06 bits per heavy atom. The molecular formula is C15H26O3. The zero-order valence-electron chi connectivity index (χ0n) is 11.9. The lowest BCUT2D eigenvalue weighted by Crippen LogP contribution is -2.46. The molecule has 0 aromatic heterocycles. The smallest absolute Gasteiger partial charge is 0.0926 e. The second-order valence-electron chi connectivity index (χ2n) is 6.97. The highest BCUT2D eigenvalue weighted by Crippen LogP contribution is 2.54. The third-order valence-corrected chi connectivity index (χ3v) is 5.07. The van der Waals surface area contributed by atoms with Crippen LogP contribution in [0.1, 0.15) is 52.9 Å². The van der Waals surface area contributed by atoms with Crippen molar-refractivity contribution in [2.24, 2.45) is 5.92 Å². The Morgan fingerprint density at radius 1 is 1.22 bits per heavy atom. The maximum absolute atomic E-state index is 6.22. The molecule has 104 valence electrons. The first-order valence-electron chi connectivity index (χ1n) is 7.43. The molecule has 0 aromatic rings. The van der Waals surface area contributed by atoms with Crippen LogP contribution < -0.4 is 0 Å². The Balaban J connectivity index is 1.53. The minimum atomic E-state index is -0.0666. The van der Waals surface area contributed by atoms with Gasteiger partial charge < -0.3 is 14.2 Å². The SMILES string of the molecule is CC1(C)OC2(C)CC1CC2OCC1CCCCO1. The van der Waals surface area contributed by atoms with Crippen LogP contribution in [0.15, 0.2) is 0 Å². The van der Waals surface area contributed by atoms with Gasteiger partial charge in [0, 0.05) is 6.61 Å². The van der Waals surface area contributed by atoms with Crippen LogP contribution in [0.5, 0.6) is 0 Å². The highest BCUT2D eigenvalue weighted by molar-refractivity contribution is 5.08. The molecule has 2 heterocycles. The van der Waals surface area contributed by atoms with Gasteiger partial charge in [-0.2, -0.15) is 0 Å². The van der Waals surface area contributed by atoms with Gasteiger partial charge in [-0.1, -0.05) is 0 Å². The molecule has 3 fully saturated rings. The van der Waals surface area contributed by atoms with Crippen molar-refractivity contribution in [3.8, 4) is 0 Å². The number of rotatable bonds is 3. The molecule has 0 aromatic carbocycles. The molecule has 2 aliphatic heterocycles. The molecule has 2 saturated heterocycles. The van der Waals surface area contributed by atoms with E-state index in [2.05, 4.69) is 20.8 Å².